The Bertz CT molecular complexity index is 771. The van der Waals surface area contributed by atoms with E-state index in [0.717, 1.165) is 12.6 Å². The van der Waals surface area contributed by atoms with Crippen molar-refractivity contribution in [2.24, 2.45) is 0 Å². The minimum Gasteiger partial charge on any atom is -0.476 e. The Morgan fingerprint density at radius 1 is 1.38 bits per heavy atom. The third-order valence-corrected chi connectivity index (χ3v) is 3.13. The van der Waals surface area contributed by atoms with Crippen molar-refractivity contribution < 1.29 is 13.9 Å². The van der Waals surface area contributed by atoms with Gasteiger partial charge in [0.05, 0.1) is 5.56 Å². The predicted octanol–water partition coefficient (Wildman–Crippen LogP) is 2.29. The number of ether oxygens (including phenoxy) is 1. The molecule has 0 fully saturated rings. The molecular formula is C17H17FN4O2. The number of anilines is 1. The Labute approximate surface area is 139 Å². The van der Waals surface area contributed by atoms with E-state index in [4.69, 9.17) is 10.00 Å². The maximum absolute atomic E-state index is 13.3. The van der Waals surface area contributed by atoms with Gasteiger partial charge in [-0.15, -0.1) is 0 Å². The molecule has 2 aromatic rings. The van der Waals surface area contributed by atoms with Gasteiger partial charge < -0.3 is 15.0 Å². The van der Waals surface area contributed by atoms with Crippen molar-refractivity contribution in [3.63, 3.8) is 0 Å². The van der Waals surface area contributed by atoms with Crippen LogP contribution in [-0.4, -0.2) is 43.0 Å². The number of nitriles is 1. The van der Waals surface area contributed by atoms with Crippen LogP contribution in [0.15, 0.2) is 36.5 Å². The van der Waals surface area contributed by atoms with Gasteiger partial charge in [0.2, 0.25) is 5.88 Å². The number of carbonyl (C=O) groups excluding carboxylic acids is 1. The molecule has 124 valence electrons. The summed E-state index contributed by atoms with van der Waals surface area (Å²) in [5, 5.41) is 11.4. The van der Waals surface area contributed by atoms with Gasteiger partial charge in [-0.2, -0.15) is 5.26 Å². The number of amides is 1. The Hall–Kier alpha value is -2.98. The summed E-state index contributed by atoms with van der Waals surface area (Å²) in [6.07, 6.45) is 1.48. The normalized spacial score (nSPS) is 10.3. The van der Waals surface area contributed by atoms with Gasteiger partial charge in [-0.25, -0.2) is 9.37 Å². The minimum absolute atomic E-state index is 0.129. The third kappa shape index (κ3) is 4.76. The van der Waals surface area contributed by atoms with Crippen molar-refractivity contribution in [2.45, 2.75) is 0 Å². The van der Waals surface area contributed by atoms with Crippen LogP contribution < -0.4 is 10.1 Å². The number of carbonyl (C=O) groups is 1. The van der Waals surface area contributed by atoms with E-state index in [-0.39, 0.29) is 5.56 Å². The molecule has 0 atom stereocenters. The first-order chi connectivity index (χ1) is 11.5. The van der Waals surface area contributed by atoms with Crippen LogP contribution in [0.1, 0.15) is 15.9 Å². The SMILES string of the molecule is CN(C)CCOc1cc(C(=O)Nc2ccc(F)c(C#N)c2)ccn1. The number of nitrogens with one attached hydrogen (secondary N) is 1. The molecule has 0 spiro atoms. The highest BCUT2D eigenvalue weighted by Crippen LogP contribution is 2.16. The zero-order valence-electron chi connectivity index (χ0n) is 13.4. The van der Waals surface area contributed by atoms with Crippen LogP contribution in [0, 0.1) is 17.1 Å². The van der Waals surface area contributed by atoms with E-state index in [1.807, 2.05) is 19.0 Å². The van der Waals surface area contributed by atoms with Gasteiger partial charge in [0.15, 0.2) is 0 Å². The second-order valence-corrected chi connectivity index (χ2v) is 5.30. The lowest BCUT2D eigenvalue weighted by molar-refractivity contribution is 0.102. The maximum atomic E-state index is 13.3. The fraction of sp³-hybridized carbons (Fsp3) is 0.235. The number of aromatic nitrogens is 1. The largest absolute Gasteiger partial charge is 0.476 e. The molecule has 0 unspecified atom stereocenters. The van der Waals surface area contributed by atoms with E-state index in [9.17, 15) is 9.18 Å². The molecule has 0 saturated heterocycles. The van der Waals surface area contributed by atoms with E-state index in [1.165, 1.54) is 24.4 Å². The van der Waals surface area contributed by atoms with E-state index in [2.05, 4.69) is 10.3 Å². The van der Waals surface area contributed by atoms with Gasteiger partial charge in [-0.3, -0.25) is 4.79 Å². The van der Waals surface area contributed by atoms with Crippen molar-refractivity contribution in [3.8, 4) is 11.9 Å². The Balaban J connectivity index is 2.06. The number of halogens is 1. The summed E-state index contributed by atoms with van der Waals surface area (Å²) >= 11 is 0. The smallest absolute Gasteiger partial charge is 0.255 e. The Morgan fingerprint density at radius 3 is 2.88 bits per heavy atom. The van der Waals surface area contributed by atoms with Crippen molar-refractivity contribution in [1.82, 2.24) is 9.88 Å². The fourth-order valence-corrected chi connectivity index (χ4v) is 1.85. The molecule has 7 heteroatoms. The molecule has 0 saturated carbocycles. The van der Waals surface area contributed by atoms with Crippen LogP contribution in [-0.2, 0) is 0 Å². The highest BCUT2D eigenvalue weighted by atomic mass is 19.1. The quantitative estimate of drug-likeness (QED) is 0.880. The van der Waals surface area contributed by atoms with Crippen molar-refractivity contribution in [3.05, 3.63) is 53.5 Å². The van der Waals surface area contributed by atoms with Crippen molar-refractivity contribution >= 4 is 11.6 Å². The third-order valence-electron chi connectivity index (χ3n) is 3.13. The molecule has 1 aromatic heterocycles. The number of hydrogen-bond donors (Lipinski definition) is 1. The molecule has 0 aliphatic carbocycles. The summed E-state index contributed by atoms with van der Waals surface area (Å²) in [7, 11) is 3.86. The molecule has 0 radical (unpaired) electrons. The number of benzene rings is 1. The van der Waals surface area contributed by atoms with Gasteiger partial charge in [-0.1, -0.05) is 0 Å². The first-order valence-corrected chi connectivity index (χ1v) is 7.24. The highest BCUT2D eigenvalue weighted by Gasteiger charge is 2.10. The molecule has 6 nitrogen and oxygen atoms in total. The van der Waals surface area contributed by atoms with E-state index in [0.29, 0.717) is 23.7 Å². The number of pyridine rings is 1. The van der Waals surface area contributed by atoms with Gasteiger partial charge in [0, 0.05) is 30.1 Å². The second-order valence-electron chi connectivity index (χ2n) is 5.30. The lowest BCUT2D eigenvalue weighted by Crippen LogP contribution is -2.20. The zero-order valence-corrected chi connectivity index (χ0v) is 13.4. The minimum atomic E-state index is -0.629. The Morgan fingerprint density at radius 2 is 2.17 bits per heavy atom. The van der Waals surface area contributed by atoms with Crippen LogP contribution in [0.5, 0.6) is 5.88 Å². The van der Waals surface area contributed by atoms with Gasteiger partial charge in [0.25, 0.3) is 5.91 Å². The van der Waals surface area contributed by atoms with E-state index < -0.39 is 11.7 Å². The second kappa shape index (κ2) is 8.04. The molecule has 1 aromatic carbocycles. The summed E-state index contributed by atoms with van der Waals surface area (Å²) in [4.78, 5) is 18.3. The zero-order chi connectivity index (χ0) is 17.5. The van der Waals surface area contributed by atoms with Crippen LogP contribution in [0.2, 0.25) is 0 Å². The molecule has 0 aliphatic rings. The highest BCUT2D eigenvalue weighted by molar-refractivity contribution is 6.04. The van der Waals surface area contributed by atoms with Crippen LogP contribution in [0.3, 0.4) is 0 Å². The van der Waals surface area contributed by atoms with Gasteiger partial charge in [-0.05, 0) is 38.4 Å². The average molecular weight is 328 g/mol. The van der Waals surface area contributed by atoms with Crippen LogP contribution >= 0.6 is 0 Å². The Kier molecular flexibility index (Phi) is 5.82. The molecule has 0 aliphatic heterocycles. The summed E-state index contributed by atoms with van der Waals surface area (Å²) in [5.41, 5.74) is 0.563. The molecule has 1 heterocycles. The van der Waals surface area contributed by atoms with Crippen LogP contribution in [0.25, 0.3) is 0 Å². The number of rotatable bonds is 6. The summed E-state index contributed by atoms with van der Waals surface area (Å²) in [6, 6.07) is 8.61. The van der Waals surface area contributed by atoms with Gasteiger partial charge >= 0.3 is 0 Å². The summed E-state index contributed by atoms with van der Waals surface area (Å²) < 4.78 is 18.8. The predicted molar refractivity (Wildman–Crippen MR) is 87.4 cm³/mol. The topological polar surface area (TPSA) is 78.2 Å². The molecule has 1 N–H and O–H groups in total. The fourth-order valence-electron chi connectivity index (χ4n) is 1.85. The lowest BCUT2D eigenvalue weighted by atomic mass is 10.2. The number of likely N-dealkylation sites (N-methyl/N-ethyl adjacent to an activating group) is 1. The molecule has 0 bridgehead atoms. The summed E-state index contributed by atoms with van der Waals surface area (Å²) in [6.45, 7) is 1.18. The van der Waals surface area contributed by atoms with E-state index in [1.54, 1.807) is 12.1 Å². The van der Waals surface area contributed by atoms with Gasteiger partial charge in [0.1, 0.15) is 18.5 Å². The molecular weight excluding hydrogens is 311 g/mol. The monoisotopic (exact) mass is 328 g/mol. The standard InChI is InChI=1S/C17H17FN4O2/c1-22(2)7-8-24-16-10-12(5-6-20-16)17(23)21-14-3-4-15(18)13(9-14)11-19/h3-6,9-10H,7-8H2,1-2H3,(H,21,23). The van der Waals surface area contributed by atoms with Crippen LogP contribution in [0.4, 0.5) is 10.1 Å². The van der Waals surface area contributed by atoms with Crippen molar-refractivity contribution in [2.75, 3.05) is 32.6 Å². The summed E-state index contributed by atoms with van der Waals surface area (Å²) in [5.74, 6) is -0.678. The maximum Gasteiger partial charge on any atom is 0.255 e. The number of hydrogen-bond acceptors (Lipinski definition) is 5. The van der Waals surface area contributed by atoms with E-state index >= 15 is 0 Å². The van der Waals surface area contributed by atoms with Crippen molar-refractivity contribution in [1.29, 1.82) is 5.26 Å². The molecule has 1 amide bonds. The molecule has 2 rings (SSSR count). The molecule has 24 heavy (non-hydrogen) atoms. The lowest BCUT2D eigenvalue weighted by Gasteiger charge is -2.11. The first kappa shape index (κ1) is 17.4. The first-order valence-electron chi connectivity index (χ1n) is 7.24. The average Bonchev–Trinajstić information content (AvgIpc) is 2.56. The number of nitrogens with zero attached hydrogens (tertiary/aromatic N) is 3.